The lowest BCUT2D eigenvalue weighted by atomic mass is 9.44. The molecular formula is C20H19ClFN3O4. The molecule has 0 saturated heterocycles. The Balaban J connectivity index is 1.24. The van der Waals surface area contributed by atoms with E-state index in [4.69, 9.17) is 21.1 Å². The Morgan fingerprint density at radius 1 is 1.17 bits per heavy atom. The predicted molar refractivity (Wildman–Crippen MR) is 103 cm³/mol. The molecule has 0 aliphatic heterocycles. The van der Waals surface area contributed by atoms with E-state index >= 15 is 0 Å². The van der Waals surface area contributed by atoms with Gasteiger partial charge in [0.25, 0.3) is 11.8 Å². The molecule has 3 saturated carbocycles. The van der Waals surface area contributed by atoms with Gasteiger partial charge in [0.2, 0.25) is 5.88 Å². The van der Waals surface area contributed by atoms with Crippen molar-refractivity contribution in [1.29, 1.82) is 0 Å². The summed E-state index contributed by atoms with van der Waals surface area (Å²) in [5.74, 6) is -0.485. The van der Waals surface area contributed by atoms with Crippen molar-refractivity contribution >= 4 is 23.4 Å². The molecule has 1 heterocycles. The number of aromatic nitrogens is 1. The Hall–Kier alpha value is -2.87. The molecule has 0 unspecified atom stereocenters. The van der Waals surface area contributed by atoms with Gasteiger partial charge in [-0.2, -0.15) is 0 Å². The normalized spacial score (nSPS) is 24.0. The number of hydrogen-bond donors (Lipinski definition) is 2. The molecule has 3 aliphatic rings. The maximum atomic E-state index is 13.4. The van der Waals surface area contributed by atoms with E-state index in [1.165, 1.54) is 25.4 Å². The first-order valence-corrected chi connectivity index (χ1v) is 9.41. The molecule has 0 atom stereocenters. The molecule has 5 rings (SSSR count). The number of nitrogens with one attached hydrogen (secondary N) is 2. The number of methoxy groups -OCH3 is 1. The van der Waals surface area contributed by atoms with Crippen molar-refractivity contribution < 1.29 is 23.5 Å². The molecule has 0 spiro atoms. The van der Waals surface area contributed by atoms with Crippen LogP contribution >= 0.6 is 11.6 Å². The van der Waals surface area contributed by atoms with Gasteiger partial charge in [0, 0.05) is 35.0 Å². The lowest BCUT2D eigenvalue weighted by Crippen LogP contribution is -2.84. The van der Waals surface area contributed by atoms with Crippen LogP contribution in [0, 0.1) is 5.82 Å². The first-order valence-electron chi connectivity index (χ1n) is 9.04. The van der Waals surface area contributed by atoms with E-state index in [1.807, 2.05) is 0 Å². The van der Waals surface area contributed by atoms with Crippen LogP contribution in [0.15, 0.2) is 36.5 Å². The molecule has 2 amide bonds. The van der Waals surface area contributed by atoms with Gasteiger partial charge in [-0.1, -0.05) is 11.6 Å². The molecule has 2 bridgehead atoms. The second-order valence-corrected chi connectivity index (χ2v) is 7.95. The van der Waals surface area contributed by atoms with Gasteiger partial charge in [0.15, 0.2) is 6.61 Å². The van der Waals surface area contributed by atoms with Crippen molar-refractivity contribution in [3.63, 3.8) is 0 Å². The summed E-state index contributed by atoms with van der Waals surface area (Å²) in [6, 6.07) is 7.21. The summed E-state index contributed by atoms with van der Waals surface area (Å²) in [5.41, 5.74) is -0.126. The molecule has 2 N–H and O–H groups in total. The molecule has 2 aromatic rings. The molecule has 7 nitrogen and oxygen atoms in total. The van der Waals surface area contributed by atoms with E-state index in [1.54, 1.807) is 12.1 Å². The van der Waals surface area contributed by atoms with E-state index in [-0.39, 0.29) is 40.3 Å². The zero-order valence-electron chi connectivity index (χ0n) is 15.6. The van der Waals surface area contributed by atoms with Crippen molar-refractivity contribution in [2.45, 2.75) is 30.3 Å². The first-order chi connectivity index (χ1) is 13.8. The summed E-state index contributed by atoms with van der Waals surface area (Å²) >= 11 is 5.62. The second-order valence-electron chi connectivity index (χ2n) is 7.54. The number of hydrogen-bond acceptors (Lipinski definition) is 5. The lowest BCUT2D eigenvalue weighted by molar-refractivity contribution is -0.141. The molecule has 9 heteroatoms. The highest BCUT2D eigenvalue weighted by Crippen LogP contribution is 2.60. The number of nitrogens with zero attached hydrogens (tertiary/aromatic N) is 1. The van der Waals surface area contributed by atoms with Crippen molar-refractivity contribution in [1.82, 2.24) is 15.6 Å². The zero-order chi connectivity index (χ0) is 20.6. The third-order valence-electron chi connectivity index (χ3n) is 5.28. The van der Waals surface area contributed by atoms with Crippen molar-refractivity contribution in [2.75, 3.05) is 13.7 Å². The average Bonchev–Trinajstić information content (AvgIpc) is 2.66. The topological polar surface area (TPSA) is 89.6 Å². The summed E-state index contributed by atoms with van der Waals surface area (Å²) in [6.45, 7) is -0.223. The van der Waals surface area contributed by atoms with Crippen LogP contribution in [0.3, 0.4) is 0 Å². The Kier molecular flexibility index (Phi) is 4.82. The summed E-state index contributed by atoms with van der Waals surface area (Å²) in [7, 11) is 1.49. The van der Waals surface area contributed by atoms with Crippen LogP contribution in [0.5, 0.6) is 11.6 Å². The van der Waals surface area contributed by atoms with Crippen LogP contribution in [0.4, 0.5) is 4.39 Å². The summed E-state index contributed by atoms with van der Waals surface area (Å²) in [4.78, 5) is 28.6. The second kappa shape index (κ2) is 7.18. The third-order valence-corrected chi connectivity index (χ3v) is 5.59. The highest BCUT2D eigenvalue weighted by atomic mass is 35.5. The standard InChI is InChI=1S/C20H19ClFN3O4/c1-28-17-6-12(4-5-23-17)18(27)25-20-9-19(10-20,11-20)24-16(26)8-29-13-2-3-14(21)15(22)7-13/h2-7H,8-11H2,1H3,(H,24,26)(H,25,27). The van der Waals surface area contributed by atoms with E-state index in [2.05, 4.69) is 15.6 Å². The monoisotopic (exact) mass is 419 g/mol. The fourth-order valence-corrected chi connectivity index (χ4v) is 4.19. The molecule has 152 valence electrons. The number of benzene rings is 1. The average molecular weight is 420 g/mol. The Labute approximate surface area is 171 Å². The molecule has 3 aliphatic carbocycles. The smallest absolute Gasteiger partial charge is 0.258 e. The van der Waals surface area contributed by atoms with E-state index in [0.717, 1.165) is 6.07 Å². The molecule has 0 radical (unpaired) electrons. The Bertz CT molecular complexity index is 964. The molecule has 1 aromatic carbocycles. The number of pyridine rings is 1. The SMILES string of the molecule is COc1cc(C(=O)NC23CC(NC(=O)COc4ccc(Cl)c(F)c4)(C2)C3)ccn1. The van der Waals surface area contributed by atoms with Gasteiger partial charge >= 0.3 is 0 Å². The maximum Gasteiger partial charge on any atom is 0.258 e. The number of halogens is 2. The minimum atomic E-state index is -0.603. The van der Waals surface area contributed by atoms with Gasteiger partial charge < -0.3 is 20.1 Å². The highest BCUT2D eigenvalue weighted by Gasteiger charge is 2.69. The molecular weight excluding hydrogens is 401 g/mol. The number of amides is 2. The largest absolute Gasteiger partial charge is 0.484 e. The van der Waals surface area contributed by atoms with E-state index < -0.39 is 5.82 Å². The maximum absolute atomic E-state index is 13.4. The number of ether oxygens (including phenoxy) is 2. The molecule has 1 aromatic heterocycles. The highest BCUT2D eigenvalue weighted by molar-refractivity contribution is 6.30. The Morgan fingerprint density at radius 2 is 1.90 bits per heavy atom. The van der Waals surface area contributed by atoms with Gasteiger partial charge in [0.1, 0.15) is 11.6 Å². The quantitative estimate of drug-likeness (QED) is 0.719. The minimum Gasteiger partial charge on any atom is -0.484 e. The van der Waals surface area contributed by atoms with Crippen LogP contribution in [0.25, 0.3) is 0 Å². The van der Waals surface area contributed by atoms with Crippen LogP contribution in [0.1, 0.15) is 29.6 Å². The van der Waals surface area contributed by atoms with Crippen LogP contribution < -0.4 is 20.1 Å². The number of carbonyl (C=O) groups is 2. The third kappa shape index (κ3) is 3.85. The fourth-order valence-electron chi connectivity index (χ4n) is 4.08. The van der Waals surface area contributed by atoms with E-state index in [0.29, 0.717) is 30.7 Å². The van der Waals surface area contributed by atoms with E-state index in [9.17, 15) is 14.0 Å². The fraction of sp³-hybridized carbons (Fsp3) is 0.350. The van der Waals surface area contributed by atoms with Gasteiger partial charge in [0.05, 0.1) is 12.1 Å². The number of rotatable bonds is 7. The van der Waals surface area contributed by atoms with Crippen molar-refractivity contribution in [2.24, 2.45) is 0 Å². The minimum absolute atomic E-state index is 0.00627. The summed E-state index contributed by atoms with van der Waals surface area (Å²) in [5, 5.41) is 5.97. The Morgan fingerprint density at radius 3 is 2.59 bits per heavy atom. The molecule has 29 heavy (non-hydrogen) atoms. The zero-order valence-corrected chi connectivity index (χ0v) is 16.4. The first kappa shape index (κ1) is 19.4. The lowest BCUT2D eigenvalue weighted by Gasteiger charge is -2.70. The predicted octanol–water partition coefficient (Wildman–Crippen LogP) is 2.48. The molecule has 3 fully saturated rings. The van der Waals surface area contributed by atoms with Gasteiger partial charge in [-0.05, 0) is 37.5 Å². The van der Waals surface area contributed by atoms with Gasteiger partial charge in [-0.3, -0.25) is 9.59 Å². The van der Waals surface area contributed by atoms with Crippen LogP contribution in [-0.2, 0) is 4.79 Å². The number of carbonyl (C=O) groups excluding carboxylic acids is 2. The summed E-state index contributed by atoms with van der Waals surface area (Å²) in [6.07, 6.45) is 3.50. The van der Waals surface area contributed by atoms with Gasteiger partial charge in [-0.25, -0.2) is 9.37 Å². The summed E-state index contributed by atoms with van der Waals surface area (Å²) < 4.78 is 23.7. The van der Waals surface area contributed by atoms with Crippen molar-refractivity contribution in [3.05, 3.63) is 52.9 Å². The van der Waals surface area contributed by atoms with Crippen molar-refractivity contribution in [3.8, 4) is 11.6 Å². The van der Waals surface area contributed by atoms with Gasteiger partial charge in [-0.15, -0.1) is 0 Å². The van der Waals surface area contributed by atoms with Crippen LogP contribution in [0.2, 0.25) is 5.02 Å². The van der Waals surface area contributed by atoms with Crippen LogP contribution in [-0.4, -0.2) is 41.6 Å².